The second kappa shape index (κ2) is 9.36. The fraction of sp³-hybridized carbons (Fsp3) is 0.769. The fourth-order valence-electron chi connectivity index (χ4n) is 1.95. The van der Waals surface area contributed by atoms with Crippen molar-refractivity contribution < 1.29 is 38.9 Å². The van der Waals surface area contributed by atoms with Crippen LogP contribution in [0.3, 0.4) is 0 Å². The molecule has 1 rings (SSSR count). The highest BCUT2D eigenvalue weighted by Crippen LogP contribution is 2.27. The molecule has 1 fully saturated rings. The molecule has 1 aliphatic heterocycles. The minimum absolute atomic E-state index is 0.0178. The standard InChI is InChI=1S/C12H20O6.CO2/c1-6(13)4-5-9(14)18-11-7(2)10(15)12(16)17-8(11)3;2-1-3/h7-8,10-12,15-16H,4-5H2,1-3H3;/t7-,8?,10?,11+,12-;/m1./s1. The summed E-state index contributed by atoms with van der Waals surface area (Å²) in [5, 5.41) is 19.0. The first kappa shape index (κ1) is 19.4. The van der Waals surface area contributed by atoms with Crippen LogP contribution in [0.15, 0.2) is 0 Å². The number of carbonyl (C=O) groups excluding carboxylic acids is 4. The Labute approximate surface area is 122 Å². The van der Waals surface area contributed by atoms with Gasteiger partial charge < -0.3 is 24.5 Å². The number of aliphatic hydroxyl groups excluding tert-OH is 2. The molecule has 0 aromatic heterocycles. The highest BCUT2D eigenvalue weighted by atomic mass is 16.6. The van der Waals surface area contributed by atoms with E-state index in [0.29, 0.717) is 0 Å². The molecule has 0 saturated carbocycles. The van der Waals surface area contributed by atoms with E-state index in [-0.39, 0.29) is 24.8 Å². The molecule has 2 N–H and O–H groups in total. The van der Waals surface area contributed by atoms with Gasteiger partial charge in [0.15, 0.2) is 6.29 Å². The number of aliphatic hydroxyl groups is 2. The highest BCUT2D eigenvalue weighted by molar-refractivity contribution is 5.81. The highest BCUT2D eigenvalue weighted by Gasteiger charge is 2.42. The summed E-state index contributed by atoms with van der Waals surface area (Å²) in [6.07, 6.45) is -3.07. The van der Waals surface area contributed by atoms with Crippen molar-refractivity contribution >= 4 is 17.9 Å². The van der Waals surface area contributed by atoms with Gasteiger partial charge >= 0.3 is 12.1 Å². The van der Waals surface area contributed by atoms with E-state index >= 15 is 0 Å². The van der Waals surface area contributed by atoms with Gasteiger partial charge in [-0.2, -0.15) is 9.59 Å². The number of hydrogen-bond acceptors (Lipinski definition) is 8. The Morgan fingerprint density at radius 2 is 1.71 bits per heavy atom. The molecule has 21 heavy (non-hydrogen) atoms. The van der Waals surface area contributed by atoms with Gasteiger partial charge in [-0.25, -0.2) is 0 Å². The second-order valence-electron chi connectivity index (χ2n) is 4.82. The third kappa shape index (κ3) is 6.59. The molecule has 5 atom stereocenters. The second-order valence-corrected chi connectivity index (χ2v) is 4.82. The predicted octanol–water partition coefficient (Wildman–Crippen LogP) is -0.582. The number of ether oxygens (including phenoxy) is 2. The minimum Gasteiger partial charge on any atom is -0.459 e. The normalized spacial score (nSPS) is 31.4. The molecule has 0 radical (unpaired) electrons. The summed E-state index contributed by atoms with van der Waals surface area (Å²) in [7, 11) is 0. The summed E-state index contributed by atoms with van der Waals surface area (Å²) >= 11 is 0. The SMILES string of the molecule is CC(=O)CCC(=O)O[C@@H]1C(C)O[C@@H](O)C(O)[C@H]1C.O=C=O. The van der Waals surface area contributed by atoms with E-state index in [1.165, 1.54) is 6.92 Å². The van der Waals surface area contributed by atoms with Crippen LogP contribution in [0.5, 0.6) is 0 Å². The average Bonchev–Trinajstić information content (AvgIpc) is 2.40. The molecule has 1 heterocycles. The maximum Gasteiger partial charge on any atom is 0.373 e. The lowest BCUT2D eigenvalue weighted by molar-refractivity contribution is -0.265. The zero-order valence-corrected chi connectivity index (χ0v) is 12.1. The smallest absolute Gasteiger partial charge is 0.373 e. The van der Waals surface area contributed by atoms with Crippen LogP contribution < -0.4 is 0 Å². The predicted molar refractivity (Wildman–Crippen MR) is 66.5 cm³/mol. The lowest BCUT2D eigenvalue weighted by atomic mass is 9.91. The Morgan fingerprint density at radius 1 is 1.19 bits per heavy atom. The van der Waals surface area contributed by atoms with Gasteiger partial charge in [0.1, 0.15) is 18.0 Å². The molecule has 0 aromatic rings. The van der Waals surface area contributed by atoms with E-state index in [0.717, 1.165) is 0 Å². The molecule has 2 unspecified atom stereocenters. The zero-order valence-electron chi connectivity index (χ0n) is 12.1. The molecular formula is C13H20O8. The summed E-state index contributed by atoms with van der Waals surface area (Å²) in [4.78, 5) is 38.5. The summed E-state index contributed by atoms with van der Waals surface area (Å²) in [5.74, 6) is -1.01. The summed E-state index contributed by atoms with van der Waals surface area (Å²) in [5.41, 5.74) is 0. The van der Waals surface area contributed by atoms with Gasteiger partial charge in [-0.15, -0.1) is 0 Å². The third-order valence-corrected chi connectivity index (χ3v) is 3.11. The van der Waals surface area contributed by atoms with Gasteiger partial charge in [-0.05, 0) is 13.8 Å². The summed E-state index contributed by atoms with van der Waals surface area (Å²) < 4.78 is 10.3. The topological polar surface area (TPSA) is 127 Å². The molecule has 0 spiro atoms. The van der Waals surface area contributed by atoms with E-state index in [4.69, 9.17) is 19.1 Å². The molecule has 0 aromatic carbocycles. The summed E-state index contributed by atoms with van der Waals surface area (Å²) in [6, 6.07) is 0. The zero-order chi connectivity index (χ0) is 16.6. The molecule has 1 saturated heterocycles. The largest absolute Gasteiger partial charge is 0.459 e. The van der Waals surface area contributed by atoms with Crippen molar-refractivity contribution in [2.24, 2.45) is 5.92 Å². The Balaban J connectivity index is 0.00000122. The van der Waals surface area contributed by atoms with Crippen LogP contribution in [0.2, 0.25) is 0 Å². The number of rotatable bonds is 4. The monoisotopic (exact) mass is 304 g/mol. The Kier molecular flexibility index (Phi) is 8.64. The molecule has 0 aliphatic carbocycles. The van der Waals surface area contributed by atoms with E-state index in [1.807, 2.05) is 0 Å². The number of Topliss-reactive ketones (excluding diaryl/α,β-unsaturated/α-hetero) is 1. The molecule has 120 valence electrons. The van der Waals surface area contributed by atoms with E-state index < -0.39 is 36.5 Å². The van der Waals surface area contributed by atoms with Crippen molar-refractivity contribution in [1.82, 2.24) is 0 Å². The fourth-order valence-corrected chi connectivity index (χ4v) is 1.95. The lowest BCUT2D eigenvalue weighted by Crippen LogP contribution is -2.53. The van der Waals surface area contributed by atoms with E-state index in [2.05, 4.69) is 0 Å². The van der Waals surface area contributed by atoms with Crippen LogP contribution in [-0.2, 0) is 28.7 Å². The van der Waals surface area contributed by atoms with Gasteiger partial charge in [0.25, 0.3) is 0 Å². The first-order chi connectivity index (χ1) is 9.74. The number of carbonyl (C=O) groups is 2. The first-order valence-electron chi connectivity index (χ1n) is 6.44. The first-order valence-corrected chi connectivity index (χ1v) is 6.44. The molecule has 8 nitrogen and oxygen atoms in total. The summed E-state index contributed by atoms with van der Waals surface area (Å²) in [6.45, 7) is 4.74. The average molecular weight is 304 g/mol. The Hall–Kier alpha value is -1.60. The quantitative estimate of drug-likeness (QED) is 0.660. The van der Waals surface area contributed by atoms with Crippen molar-refractivity contribution in [3.05, 3.63) is 0 Å². The van der Waals surface area contributed by atoms with Crippen LogP contribution in [0, 0.1) is 5.92 Å². The maximum absolute atomic E-state index is 11.5. The third-order valence-electron chi connectivity index (χ3n) is 3.11. The van der Waals surface area contributed by atoms with Crippen molar-refractivity contribution in [3.63, 3.8) is 0 Å². The minimum atomic E-state index is -1.26. The van der Waals surface area contributed by atoms with Crippen LogP contribution in [0.25, 0.3) is 0 Å². The van der Waals surface area contributed by atoms with Gasteiger partial charge in [-0.1, -0.05) is 6.92 Å². The van der Waals surface area contributed by atoms with Gasteiger partial charge in [-0.3, -0.25) is 4.79 Å². The van der Waals surface area contributed by atoms with Crippen molar-refractivity contribution in [2.75, 3.05) is 0 Å². The molecule has 1 aliphatic rings. The van der Waals surface area contributed by atoms with E-state index in [1.54, 1.807) is 13.8 Å². The molecule has 0 amide bonds. The van der Waals surface area contributed by atoms with Gasteiger partial charge in [0.2, 0.25) is 0 Å². The maximum atomic E-state index is 11.5. The molecule has 8 heteroatoms. The van der Waals surface area contributed by atoms with Crippen LogP contribution in [0.4, 0.5) is 0 Å². The van der Waals surface area contributed by atoms with Gasteiger partial charge in [0, 0.05) is 12.3 Å². The molecule has 0 bridgehead atoms. The van der Waals surface area contributed by atoms with Crippen molar-refractivity contribution in [3.8, 4) is 0 Å². The van der Waals surface area contributed by atoms with Crippen molar-refractivity contribution in [2.45, 2.75) is 58.2 Å². The van der Waals surface area contributed by atoms with Gasteiger partial charge in [0.05, 0.1) is 12.5 Å². The number of hydrogen-bond donors (Lipinski definition) is 2. The number of ketones is 1. The van der Waals surface area contributed by atoms with Crippen LogP contribution in [-0.4, -0.2) is 52.7 Å². The Morgan fingerprint density at radius 3 is 2.19 bits per heavy atom. The van der Waals surface area contributed by atoms with Crippen LogP contribution in [0.1, 0.15) is 33.6 Å². The van der Waals surface area contributed by atoms with Crippen molar-refractivity contribution in [1.29, 1.82) is 0 Å². The lowest BCUT2D eigenvalue weighted by Gasteiger charge is -2.39. The van der Waals surface area contributed by atoms with Crippen LogP contribution >= 0.6 is 0 Å². The van der Waals surface area contributed by atoms with E-state index in [9.17, 15) is 19.8 Å². The Bertz CT molecular complexity index is 388. The molecular weight excluding hydrogens is 284 g/mol. The number of esters is 1.